The minimum Gasteiger partial charge on any atom is -0.393 e. The highest BCUT2D eigenvalue weighted by molar-refractivity contribution is 6.26. The zero-order valence-electron chi connectivity index (χ0n) is 14.5. The summed E-state index contributed by atoms with van der Waals surface area (Å²) in [4.78, 5) is 12.7. The van der Waals surface area contributed by atoms with Crippen molar-refractivity contribution in [3.05, 3.63) is 0 Å². The van der Waals surface area contributed by atoms with E-state index >= 15 is 0 Å². The van der Waals surface area contributed by atoms with Gasteiger partial charge in [-0.25, -0.2) is 0 Å². The Morgan fingerprint density at radius 1 is 1.05 bits per heavy atom. The fourth-order valence-corrected chi connectivity index (χ4v) is 7.35. The second kappa shape index (κ2) is 4.85. The second-order valence-electron chi connectivity index (χ2n) is 9.54. The zero-order chi connectivity index (χ0) is 15.7. The summed E-state index contributed by atoms with van der Waals surface area (Å²) in [6, 6.07) is 0. The number of fused-ring (bicyclic) bond motifs is 5. The molecule has 8 atom stereocenters. The first-order valence-corrected chi connectivity index (χ1v) is 9.58. The number of aliphatic hydroxyl groups excluding tert-OH is 1. The van der Waals surface area contributed by atoms with Gasteiger partial charge in [-0.3, -0.25) is 4.79 Å². The average Bonchev–Trinajstić information content (AvgIpc) is 2.72. The van der Waals surface area contributed by atoms with Gasteiger partial charge in [0.2, 0.25) is 0 Å². The first kappa shape index (κ1) is 15.2. The molecule has 4 fully saturated rings. The lowest BCUT2D eigenvalue weighted by atomic mass is 9.45. The van der Waals surface area contributed by atoms with Crippen LogP contribution in [0.2, 0.25) is 5.82 Å². The van der Waals surface area contributed by atoms with Crippen molar-refractivity contribution in [2.24, 2.45) is 34.5 Å². The molecule has 0 unspecified atom stereocenters. The van der Waals surface area contributed by atoms with Gasteiger partial charge in [-0.1, -0.05) is 13.8 Å². The zero-order valence-corrected chi connectivity index (χ0v) is 14.5. The Morgan fingerprint density at radius 3 is 2.59 bits per heavy atom. The maximum Gasteiger partial charge on any atom is 0.134 e. The van der Waals surface area contributed by atoms with Crippen LogP contribution in [0.5, 0.6) is 0 Å². The van der Waals surface area contributed by atoms with Gasteiger partial charge >= 0.3 is 0 Å². The maximum atomic E-state index is 12.7. The Bertz CT molecular complexity index is 492. The molecule has 1 N–H and O–H groups in total. The Kier molecular flexibility index (Phi) is 3.36. The van der Waals surface area contributed by atoms with Crippen LogP contribution in [0.25, 0.3) is 0 Å². The van der Waals surface area contributed by atoms with Crippen LogP contribution < -0.4 is 0 Å². The van der Waals surface area contributed by atoms with Crippen LogP contribution in [0.4, 0.5) is 0 Å². The molecular formula is C19H31BO2. The van der Waals surface area contributed by atoms with E-state index in [0.717, 1.165) is 43.4 Å². The fourth-order valence-electron chi connectivity index (χ4n) is 7.35. The lowest BCUT2D eigenvalue weighted by Gasteiger charge is -2.60. The molecule has 0 amide bonds. The van der Waals surface area contributed by atoms with Crippen molar-refractivity contribution in [3.8, 4) is 0 Å². The van der Waals surface area contributed by atoms with E-state index in [2.05, 4.69) is 21.7 Å². The molecule has 0 bridgehead atoms. The van der Waals surface area contributed by atoms with Crippen molar-refractivity contribution < 1.29 is 9.90 Å². The Hall–Kier alpha value is -0.305. The molecule has 0 aromatic carbocycles. The van der Waals surface area contributed by atoms with Crippen molar-refractivity contribution in [3.63, 3.8) is 0 Å². The predicted molar refractivity (Wildman–Crippen MR) is 90.4 cm³/mol. The third-order valence-electron chi connectivity index (χ3n) is 8.65. The number of Topliss-reactive ketones (excluding diaryl/α,β-unsaturated/α-hetero) is 1. The summed E-state index contributed by atoms with van der Waals surface area (Å²) >= 11 is 0. The molecule has 4 rings (SSSR count). The number of carbonyl (C=O) groups is 1. The fraction of sp³-hybridized carbons (Fsp3) is 0.947. The summed E-state index contributed by atoms with van der Waals surface area (Å²) in [5.74, 6) is 3.77. The largest absolute Gasteiger partial charge is 0.393 e. The predicted octanol–water partition coefficient (Wildman–Crippen LogP) is 2.99. The van der Waals surface area contributed by atoms with Gasteiger partial charge in [-0.05, 0) is 86.3 Å². The molecule has 22 heavy (non-hydrogen) atoms. The standard InChI is InChI=1S/C19H31BO2/c1-18-7-5-12(21)9-11(18)3-4-13-14(18)6-8-19(2)15(13)10-16(20)17(19)22/h11-16,21H,3-10,20H2,1-2H3/t11-,12-,13+,14-,15-,16+,18-,19-/m0/s1. The topological polar surface area (TPSA) is 37.3 Å². The van der Waals surface area contributed by atoms with Crippen LogP contribution in [-0.2, 0) is 4.79 Å². The highest BCUT2D eigenvalue weighted by Crippen LogP contribution is 2.66. The number of carbonyl (C=O) groups excluding carboxylic acids is 1. The van der Waals surface area contributed by atoms with E-state index in [9.17, 15) is 9.90 Å². The van der Waals surface area contributed by atoms with E-state index in [4.69, 9.17) is 0 Å². The minimum absolute atomic E-state index is 0.0159. The van der Waals surface area contributed by atoms with Crippen LogP contribution in [0.1, 0.15) is 65.2 Å². The first-order valence-electron chi connectivity index (χ1n) is 9.58. The molecule has 0 heterocycles. The van der Waals surface area contributed by atoms with Gasteiger partial charge in [-0.15, -0.1) is 0 Å². The Balaban J connectivity index is 1.64. The molecule has 3 heteroatoms. The van der Waals surface area contributed by atoms with Gasteiger partial charge in [0.25, 0.3) is 0 Å². The molecule has 0 spiro atoms. The summed E-state index contributed by atoms with van der Waals surface area (Å²) in [7, 11) is 2.16. The highest BCUT2D eigenvalue weighted by Gasteiger charge is 2.61. The normalized spacial score (nSPS) is 57.9. The minimum atomic E-state index is -0.0587. The van der Waals surface area contributed by atoms with Crippen LogP contribution in [-0.4, -0.2) is 24.8 Å². The molecule has 0 saturated heterocycles. The quantitative estimate of drug-likeness (QED) is 0.699. The van der Waals surface area contributed by atoms with E-state index < -0.39 is 0 Å². The van der Waals surface area contributed by atoms with Gasteiger partial charge in [-0.2, -0.15) is 0 Å². The van der Waals surface area contributed by atoms with Crippen LogP contribution in [0.15, 0.2) is 0 Å². The van der Waals surface area contributed by atoms with Gasteiger partial charge < -0.3 is 5.11 Å². The molecule has 0 aromatic rings. The number of hydrogen-bond acceptors (Lipinski definition) is 2. The maximum absolute atomic E-state index is 12.7. The van der Waals surface area contributed by atoms with Crippen LogP contribution in [0, 0.1) is 34.5 Å². The van der Waals surface area contributed by atoms with E-state index in [0.29, 0.717) is 17.1 Å². The second-order valence-corrected chi connectivity index (χ2v) is 9.54. The lowest BCUT2D eigenvalue weighted by molar-refractivity contribution is -0.142. The summed E-state index contributed by atoms with van der Waals surface area (Å²) < 4.78 is 0. The van der Waals surface area contributed by atoms with E-state index in [1.165, 1.54) is 25.7 Å². The van der Waals surface area contributed by atoms with Crippen molar-refractivity contribution in [2.45, 2.75) is 77.1 Å². The molecule has 0 aromatic heterocycles. The van der Waals surface area contributed by atoms with Crippen molar-refractivity contribution >= 4 is 13.6 Å². The molecule has 4 saturated carbocycles. The van der Waals surface area contributed by atoms with Crippen LogP contribution >= 0.6 is 0 Å². The SMILES string of the molecule is B[C@@H]1C[C@H]2[C@@H]3CC[C@H]4C[C@@H](O)CC[C@]4(C)[C@H]3CC[C@]2(C)C1=O. The smallest absolute Gasteiger partial charge is 0.134 e. The third kappa shape index (κ3) is 1.87. The first-order chi connectivity index (χ1) is 10.4. The number of aliphatic hydroxyl groups is 1. The van der Waals surface area contributed by atoms with Crippen LogP contribution in [0.3, 0.4) is 0 Å². The third-order valence-corrected chi connectivity index (χ3v) is 8.65. The Morgan fingerprint density at radius 2 is 1.82 bits per heavy atom. The number of ketones is 1. The van der Waals surface area contributed by atoms with Crippen molar-refractivity contribution in [1.82, 2.24) is 0 Å². The molecular weight excluding hydrogens is 271 g/mol. The monoisotopic (exact) mass is 302 g/mol. The Labute approximate surface area is 135 Å². The molecule has 4 aliphatic carbocycles. The molecule has 0 aliphatic heterocycles. The summed E-state index contributed by atoms with van der Waals surface area (Å²) in [5, 5.41) is 10.1. The summed E-state index contributed by atoms with van der Waals surface area (Å²) in [6.45, 7) is 4.79. The highest BCUT2D eigenvalue weighted by atomic mass is 16.3. The van der Waals surface area contributed by atoms with Gasteiger partial charge in [0.05, 0.1) is 6.10 Å². The molecule has 0 radical (unpaired) electrons. The lowest BCUT2D eigenvalue weighted by Crippen LogP contribution is -2.54. The number of hydrogen-bond donors (Lipinski definition) is 1. The van der Waals surface area contributed by atoms with Crippen molar-refractivity contribution in [2.75, 3.05) is 0 Å². The van der Waals surface area contributed by atoms with E-state index in [1.54, 1.807) is 0 Å². The molecule has 4 aliphatic rings. The molecule has 122 valence electrons. The van der Waals surface area contributed by atoms with Crippen molar-refractivity contribution in [1.29, 1.82) is 0 Å². The van der Waals surface area contributed by atoms with Gasteiger partial charge in [0, 0.05) is 5.41 Å². The van der Waals surface area contributed by atoms with E-state index in [1.807, 2.05) is 0 Å². The average molecular weight is 302 g/mol. The molecule has 2 nitrogen and oxygen atoms in total. The van der Waals surface area contributed by atoms with Gasteiger partial charge in [0.15, 0.2) is 0 Å². The van der Waals surface area contributed by atoms with Gasteiger partial charge in [0.1, 0.15) is 13.6 Å². The summed E-state index contributed by atoms with van der Waals surface area (Å²) in [5.41, 5.74) is 0.413. The number of rotatable bonds is 0. The summed E-state index contributed by atoms with van der Waals surface area (Å²) in [6.07, 6.45) is 9.25. The van der Waals surface area contributed by atoms with E-state index in [-0.39, 0.29) is 17.3 Å².